The van der Waals surface area contributed by atoms with E-state index in [1.54, 1.807) is 12.1 Å². The Bertz CT molecular complexity index is 1180. The third-order valence-corrected chi connectivity index (χ3v) is 4.81. The Labute approximate surface area is 125 Å². The first-order valence-corrected chi connectivity index (χ1v) is 7.95. The molecule has 0 spiro atoms. The Morgan fingerprint density at radius 1 is 0.773 bits per heavy atom. The van der Waals surface area contributed by atoms with Gasteiger partial charge in [0.25, 0.3) is 0 Å². The number of fused-ring (bicyclic) bond motifs is 2. The van der Waals surface area contributed by atoms with E-state index >= 15 is 0 Å². The van der Waals surface area contributed by atoms with Crippen molar-refractivity contribution < 1.29 is 21.9 Å². The molecule has 22 heavy (non-hydrogen) atoms. The van der Waals surface area contributed by atoms with Crippen LogP contribution in [0.2, 0.25) is 0 Å². The minimum absolute atomic E-state index is 0.0447. The molecule has 1 aliphatic heterocycles. The first-order chi connectivity index (χ1) is 10.6. The molecule has 0 unspecified atom stereocenters. The summed E-state index contributed by atoms with van der Waals surface area (Å²) in [6.07, 6.45) is 0. The fourth-order valence-corrected chi connectivity index (χ4v) is 3.96. The molecule has 0 saturated heterocycles. The van der Waals surface area contributed by atoms with Crippen molar-refractivity contribution >= 4 is 42.7 Å². The van der Waals surface area contributed by atoms with Crippen molar-refractivity contribution in [2.24, 2.45) is 0 Å². The van der Waals surface area contributed by atoms with Gasteiger partial charge in [0.1, 0.15) is 0 Å². The Morgan fingerprint density at radius 2 is 1.41 bits per heavy atom. The Balaban J connectivity index is 2.13. The maximum atomic E-state index is 11.6. The first kappa shape index (κ1) is 11.9. The maximum absolute atomic E-state index is 11.6. The van der Waals surface area contributed by atoms with Crippen molar-refractivity contribution in [3.8, 4) is 17.2 Å². The van der Waals surface area contributed by atoms with Gasteiger partial charge in [0.2, 0.25) is 11.5 Å². The molecular weight excluding hydrogens is 304 g/mol. The van der Waals surface area contributed by atoms with Gasteiger partial charge in [0.15, 0.2) is 5.75 Å². The number of phenols is 1. The van der Waals surface area contributed by atoms with Crippen LogP contribution in [-0.4, -0.2) is 13.5 Å². The number of benzene rings is 4. The molecule has 0 amide bonds. The summed E-state index contributed by atoms with van der Waals surface area (Å²) in [7, 11) is -4.16. The second-order valence-corrected chi connectivity index (χ2v) is 6.41. The molecule has 5 nitrogen and oxygen atoms in total. The molecule has 0 fully saturated rings. The zero-order chi connectivity index (χ0) is 15.1. The van der Waals surface area contributed by atoms with E-state index in [-0.39, 0.29) is 17.2 Å². The molecule has 5 rings (SSSR count). The minimum Gasteiger partial charge on any atom is -0.504 e. The zero-order valence-corrected chi connectivity index (χ0v) is 11.8. The number of rotatable bonds is 0. The molecule has 4 aromatic rings. The molecule has 0 aromatic heterocycles. The second kappa shape index (κ2) is 3.53. The lowest BCUT2D eigenvalue weighted by molar-refractivity contribution is 0.421. The summed E-state index contributed by atoms with van der Waals surface area (Å²) in [4.78, 5) is 0. The van der Waals surface area contributed by atoms with Gasteiger partial charge in [-0.05, 0) is 28.3 Å². The quantitative estimate of drug-likeness (QED) is 0.504. The Morgan fingerprint density at radius 3 is 2.14 bits per heavy atom. The predicted octanol–water partition coefficient (Wildman–Crippen LogP) is 3.31. The van der Waals surface area contributed by atoms with Gasteiger partial charge in [0, 0.05) is 16.2 Å². The van der Waals surface area contributed by atoms with Gasteiger partial charge in [-0.3, -0.25) is 0 Å². The molecule has 1 heterocycles. The van der Waals surface area contributed by atoms with Crippen LogP contribution in [0.4, 0.5) is 0 Å². The molecule has 0 bridgehead atoms. The summed E-state index contributed by atoms with van der Waals surface area (Å²) in [5.41, 5.74) is 0. The van der Waals surface area contributed by atoms with Crippen molar-refractivity contribution in [1.29, 1.82) is 0 Å². The molecule has 1 aliphatic rings. The van der Waals surface area contributed by atoms with Crippen LogP contribution < -0.4 is 8.37 Å². The second-order valence-electron chi connectivity index (χ2n) is 5.26. The lowest BCUT2D eigenvalue weighted by atomic mass is 9.93. The van der Waals surface area contributed by atoms with E-state index in [1.807, 2.05) is 30.3 Å². The van der Waals surface area contributed by atoms with Crippen LogP contribution in [0, 0.1) is 0 Å². The van der Waals surface area contributed by atoms with Crippen LogP contribution in [0.1, 0.15) is 0 Å². The van der Waals surface area contributed by atoms with Crippen molar-refractivity contribution in [1.82, 2.24) is 0 Å². The summed E-state index contributed by atoms with van der Waals surface area (Å²) >= 11 is 0. The van der Waals surface area contributed by atoms with Gasteiger partial charge in [0.05, 0.1) is 0 Å². The molecule has 0 radical (unpaired) electrons. The molecule has 0 aliphatic carbocycles. The van der Waals surface area contributed by atoms with E-state index in [2.05, 4.69) is 0 Å². The van der Waals surface area contributed by atoms with Crippen LogP contribution in [-0.2, 0) is 10.4 Å². The standard InChI is InChI=1S/C16H8O5S/c17-14-10-6-4-8-2-1-3-9-5-7-11(13(10)12(8)9)15-16(14)21-22(18,19)20-15/h1-7,17H. The number of hydrogen-bond donors (Lipinski definition) is 1. The monoisotopic (exact) mass is 312 g/mol. The highest BCUT2D eigenvalue weighted by molar-refractivity contribution is 7.82. The third-order valence-electron chi connectivity index (χ3n) is 4.07. The van der Waals surface area contributed by atoms with Gasteiger partial charge >= 0.3 is 10.4 Å². The van der Waals surface area contributed by atoms with E-state index in [0.717, 1.165) is 21.5 Å². The fourth-order valence-electron chi connectivity index (χ4n) is 3.20. The zero-order valence-electron chi connectivity index (χ0n) is 11.0. The van der Waals surface area contributed by atoms with E-state index in [9.17, 15) is 13.5 Å². The van der Waals surface area contributed by atoms with Crippen LogP contribution >= 0.6 is 0 Å². The molecule has 0 atom stereocenters. The van der Waals surface area contributed by atoms with Crippen molar-refractivity contribution in [3.63, 3.8) is 0 Å². The van der Waals surface area contributed by atoms with Gasteiger partial charge in [-0.15, -0.1) is 8.42 Å². The summed E-state index contributed by atoms with van der Waals surface area (Å²) in [5, 5.41) is 15.3. The smallest absolute Gasteiger partial charge is 0.501 e. The van der Waals surface area contributed by atoms with E-state index in [4.69, 9.17) is 8.37 Å². The summed E-state index contributed by atoms with van der Waals surface area (Å²) < 4.78 is 32.9. The van der Waals surface area contributed by atoms with Gasteiger partial charge in [-0.25, -0.2) is 0 Å². The van der Waals surface area contributed by atoms with Crippen molar-refractivity contribution in [3.05, 3.63) is 42.5 Å². The number of phenolic OH excluding ortho intramolecular Hbond substituents is 1. The lowest BCUT2D eigenvalue weighted by Crippen LogP contribution is -2.08. The molecule has 6 heteroatoms. The van der Waals surface area contributed by atoms with Crippen LogP contribution in [0.15, 0.2) is 42.5 Å². The van der Waals surface area contributed by atoms with E-state index in [0.29, 0.717) is 10.8 Å². The van der Waals surface area contributed by atoms with Crippen molar-refractivity contribution in [2.45, 2.75) is 0 Å². The highest BCUT2D eigenvalue weighted by Gasteiger charge is 2.35. The first-order valence-electron chi connectivity index (χ1n) is 6.61. The molecular formula is C16H8O5S. The topological polar surface area (TPSA) is 72.8 Å². The van der Waals surface area contributed by atoms with Crippen LogP contribution in [0.5, 0.6) is 17.2 Å². The van der Waals surface area contributed by atoms with E-state index < -0.39 is 10.4 Å². The average molecular weight is 312 g/mol. The van der Waals surface area contributed by atoms with Crippen LogP contribution in [0.3, 0.4) is 0 Å². The lowest BCUT2D eigenvalue weighted by Gasteiger charge is -2.12. The Kier molecular flexibility index (Phi) is 1.91. The highest BCUT2D eigenvalue weighted by atomic mass is 32.3. The number of hydrogen-bond acceptors (Lipinski definition) is 5. The summed E-state index contributed by atoms with van der Waals surface area (Å²) in [6, 6.07) is 13.2. The normalized spacial score (nSPS) is 16.0. The van der Waals surface area contributed by atoms with Gasteiger partial charge in [-0.2, -0.15) is 0 Å². The van der Waals surface area contributed by atoms with Crippen LogP contribution in [0.25, 0.3) is 32.3 Å². The summed E-state index contributed by atoms with van der Waals surface area (Å²) in [6.45, 7) is 0. The molecule has 4 aromatic carbocycles. The SMILES string of the molecule is O=S1(=O)Oc2c(O)c3ccc4cccc5ccc(c2O1)c3c45. The predicted molar refractivity (Wildman–Crippen MR) is 82.0 cm³/mol. The fraction of sp³-hybridized carbons (Fsp3) is 0. The maximum Gasteiger partial charge on any atom is 0.501 e. The van der Waals surface area contributed by atoms with Gasteiger partial charge in [-0.1, -0.05) is 30.3 Å². The summed E-state index contributed by atoms with van der Waals surface area (Å²) in [5.74, 6) is -0.323. The minimum atomic E-state index is -4.16. The van der Waals surface area contributed by atoms with Crippen molar-refractivity contribution in [2.75, 3.05) is 0 Å². The molecule has 0 saturated carbocycles. The highest BCUT2D eigenvalue weighted by Crippen LogP contribution is 2.53. The van der Waals surface area contributed by atoms with Gasteiger partial charge < -0.3 is 13.5 Å². The number of aromatic hydroxyl groups is 1. The molecule has 108 valence electrons. The average Bonchev–Trinajstić information content (AvgIpc) is 2.83. The van der Waals surface area contributed by atoms with E-state index in [1.165, 1.54) is 0 Å². The Hall–Kier alpha value is -2.73. The third kappa shape index (κ3) is 1.30. The molecule has 1 N–H and O–H groups in total. The largest absolute Gasteiger partial charge is 0.504 e.